The van der Waals surface area contributed by atoms with E-state index in [2.05, 4.69) is 5.32 Å². The summed E-state index contributed by atoms with van der Waals surface area (Å²) in [6.07, 6.45) is -3.95. The fourth-order valence-corrected chi connectivity index (χ4v) is 2.42. The Bertz CT molecular complexity index is 729. The summed E-state index contributed by atoms with van der Waals surface area (Å²) in [5, 5.41) is 3.09. The lowest BCUT2D eigenvalue weighted by Gasteiger charge is -2.15. The molecule has 0 radical (unpaired) electrons. The number of esters is 1. The van der Waals surface area contributed by atoms with Crippen molar-refractivity contribution in [1.82, 2.24) is 5.32 Å². The van der Waals surface area contributed by atoms with Gasteiger partial charge in [0.1, 0.15) is 12.4 Å². The fraction of sp³-hybridized carbons (Fsp3) is 0.316. The monoisotopic (exact) mass is 368 g/mol. The summed E-state index contributed by atoms with van der Waals surface area (Å²) in [5.74, 6) is -0.996. The Labute approximate surface area is 149 Å². The number of halogens is 4. The first-order valence-electron chi connectivity index (χ1n) is 8.08. The van der Waals surface area contributed by atoms with Crippen molar-refractivity contribution in [2.45, 2.75) is 25.6 Å². The zero-order chi connectivity index (χ0) is 19.2. The Morgan fingerprint density at radius 1 is 1.15 bits per heavy atom. The van der Waals surface area contributed by atoms with E-state index in [0.717, 1.165) is 12.1 Å². The van der Waals surface area contributed by atoms with E-state index in [1.165, 1.54) is 30.3 Å². The van der Waals surface area contributed by atoms with Gasteiger partial charge in [-0.2, -0.15) is 13.2 Å². The highest BCUT2D eigenvalue weighted by Gasteiger charge is 2.30. The Morgan fingerprint density at radius 2 is 1.85 bits per heavy atom. The molecule has 0 aliphatic carbocycles. The predicted octanol–water partition coefficient (Wildman–Crippen LogP) is 4.22. The summed E-state index contributed by atoms with van der Waals surface area (Å²) in [5.41, 5.74) is 0.155. The largest absolute Gasteiger partial charge is 0.461 e. The quantitative estimate of drug-likeness (QED) is 0.452. The summed E-state index contributed by atoms with van der Waals surface area (Å²) in [6.45, 7) is 2.29. The molecule has 0 amide bonds. The molecule has 7 heteroatoms. The number of alkyl halides is 3. The maximum absolute atomic E-state index is 12.8. The Morgan fingerprint density at radius 3 is 2.50 bits per heavy atom. The molecule has 0 saturated carbocycles. The topological polar surface area (TPSA) is 38.3 Å². The van der Waals surface area contributed by atoms with Gasteiger partial charge in [-0.3, -0.25) is 0 Å². The van der Waals surface area contributed by atoms with Gasteiger partial charge in [0.2, 0.25) is 0 Å². The van der Waals surface area contributed by atoms with E-state index in [9.17, 15) is 22.4 Å². The van der Waals surface area contributed by atoms with Crippen molar-refractivity contribution in [3.63, 3.8) is 0 Å². The van der Waals surface area contributed by atoms with E-state index in [-0.39, 0.29) is 18.2 Å². The Kier molecular flexibility index (Phi) is 6.74. The first kappa shape index (κ1) is 19.9. The molecular weight excluding hydrogens is 349 g/mol. The predicted molar refractivity (Wildman–Crippen MR) is 89.3 cm³/mol. The van der Waals surface area contributed by atoms with Crippen molar-refractivity contribution >= 4 is 5.97 Å². The van der Waals surface area contributed by atoms with Crippen molar-refractivity contribution in [2.24, 2.45) is 0 Å². The second-order valence-corrected chi connectivity index (χ2v) is 5.90. The molecule has 1 N–H and O–H groups in total. The van der Waals surface area contributed by atoms with Crippen molar-refractivity contribution in [3.05, 3.63) is 71.0 Å². The first-order valence-corrected chi connectivity index (χ1v) is 8.08. The van der Waals surface area contributed by atoms with Gasteiger partial charge in [0.15, 0.2) is 0 Å². The molecule has 0 aliphatic rings. The van der Waals surface area contributed by atoms with Crippen molar-refractivity contribution in [1.29, 1.82) is 0 Å². The van der Waals surface area contributed by atoms with E-state index in [1.54, 1.807) is 6.07 Å². The maximum atomic E-state index is 12.8. The number of benzene rings is 2. The maximum Gasteiger partial charge on any atom is 0.416 e. The zero-order valence-electron chi connectivity index (χ0n) is 14.1. The highest BCUT2D eigenvalue weighted by atomic mass is 19.4. The molecule has 1 unspecified atom stereocenters. The van der Waals surface area contributed by atoms with Crippen LogP contribution in [0, 0.1) is 5.82 Å². The number of rotatable bonds is 7. The van der Waals surface area contributed by atoms with Crippen LogP contribution in [0.1, 0.15) is 28.4 Å². The van der Waals surface area contributed by atoms with Crippen LogP contribution in [-0.2, 0) is 17.3 Å². The second-order valence-electron chi connectivity index (χ2n) is 5.90. The lowest BCUT2D eigenvalue weighted by molar-refractivity contribution is -0.137. The van der Waals surface area contributed by atoms with Gasteiger partial charge in [0.05, 0.1) is 11.1 Å². The molecule has 0 fully saturated rings. The molecule has 2 rings (SSSR count). The molecular formula is C19H19F4NO2. The summed E-state index contributed by atoms with van der Waals surface area (Å²) >= 11 is 0. The number of ether oxygens (including phenoxy) is 1. The van der Waals surface area contributed by atoms with Crippen molar-refractivity contribution in [3.8, 4) is 0 Å². The van der Waals surface area contributed by atoms with Gasteiger partial charge in [-0.1, -0.05) is 18.2 Å². The first-order chi connectivity index (χ1) is 12.3. The molecule has 140 valence electrons. The SMILES string of the molecule is CC(Cc1cccc(C(F)(F)F)c1)NCCOC(=O)c1ccc([18F])cc1. The lowest BCUT2D eigenvalue weighted by atomic mass is 10.0. The zero-order valence-corrected chi connectivity index (χ0v) is 14.1. The third-order valence-corrected chi connectivity index (χ3v) is 3.70. The van der Waals surface area contributed by atoms with E-state index in [1.807, 2.05) is 6.92 Å². The molecule has 0 bridgehead atoms. The molecule has 1 atom stereocenters. The molecule has 2 aromatic rings. The number of hydrogen-bond acceptors (Lipinski definition) is 3. The van der Waals surface area contributed by atoms with Gasteiger partial charge in [-0.05, 0) is 49.2 Å². The van der Waals surface area contributed by atoms with Gasteiger partial charge in [0.25, 0.3) is 0 Å². The van der Waals surface area contributed by atoms with Crippen LogP contribution in [0.4, 0.5) is 17.6 Å². The second kappa shape index (κ2) is 8.80. The molecule has 3 nitrogen and oxygen atoms in total. The standard InChI is InChI=1S/C19H19F4NO2/c1-13(11-14-3-2-4-16(12-14)19(21,22)23)24-9-10-26-18(25)15-5-7-17(20)8-6-15/h2-8,12-13,24H,9-11H2,1H3/i20-1. The lowest BCUT2D eigenvalue weighted by Crippen LogP contribution is -2.31. The molecule has 0 heterocycles. The Balaban J connectivity index is 1.74. The van der Waals surface area contributed by atoms with Crippen LogP contribution in [0.25, 0.3) is 0 Å². The smallest absolute Gasteiger partial charge is 0.416 e. The van der Waals surface area contributed by atoms with E-state index < -0.39 is 23.5 Å². The van der Waals surface area contributed by atoms with Crippen LogP contribution in [0.2, 0.25) is 0 Å². The minimum atomic E-state index is -4.36. The molecule has 0 saturated heterocycles. The van der Waals surface area contributed by atoms with Gasteiger partial charge < -0.3 is 10.1 Å². The third-order valence-electron chi connectivity index (χ3n) is 3.70. The summed E-state index contributed by atoms with van der Waals surface area (Å²) in [7, 11) is 0. The number of carbonyl (C=O) groups excluding carboxylic acids is 1. The highest BCUT2D eigenvalue weighted by Crippen LogP contribution is 2.29. The summed E-state index contributed by atoms with van der Waals surface area (Å²) in [4.78, 5) is 11.7. The van der Waals surface area contributed by atoms with Crippen LogP contribution in [0.5, 0.6) is 0 Å². The summed E-state index contributed by atoms with van der Waals surface area (Å²) < 4.78 is 56.0. The normalized spacial score (nSPS) is 12.7. The highest BCUT2D eigenvalue weighted by molar-refractivity contribution is 5.89. The molecule has 26 heavy (non-hydrogen) atoms. The van der Waals surface area contributed by atoms with E-state index in [4.69, 9.17) is 4.74 Å². The molecule has 0 aliphatic heterocycles. The Hall–Kier alpha value is -2.41. The van der Waals surface area contributed by atoms with Crippen LogP contribution in [0.3, 0.4) is 0 Å². The van der Waals surface area contributed by atoms with Gasteiger partial charge in [-0.25, -0.2) is 9.18 Å². The average molecular weight is 368 g/mol. The number of carbonyl (C=O) groups is 1. The minimum Gasteiger partial charge on any atom is -0.461 e. The van der Waals surface area contributed by atoms with Crippen molar-refractivity contribution in [2.75, 3.05) is 13.2 Å². The fourth-order valence-electron chi connectivity index (χ4n) is 2.42. The number of hydrogen-bond donors (Lipinski definition) is 1. The van der Waals surface area contributed by atoms with Gasteiger partial charge in [-0.15, -0.1) is 0 Å². The van der Waals surface area contributed by atoms with Crippen LogP contribution in [-0.4, -0.2) is 25.2 Å². The average Bonchev–Trinajstić information content (AvgIpc) is 2.58. The minimum absolute atomic E-state index is 0.0944. The molecule has 0 aromatic heterocycles. The van der Waals surface area contributed by atoms with Gasteiger partial charge in [0, 0.05) is 12.6 Å². The third kappa shape index (κ3) is 6.15. The molecule has 2 aromatic carbocycles. The van der Waals surface area contributed by atoms with Crippen LogP contribution in [0.15, 0.2) is 48.5 Å². The van der Waals surface area contributed by atoms with Crippen LogP contribution >= 0.6 is 0 Å². The van der Waals surface area contributed by atoms with Crippen LogP contribution < -0.4 is 5.32 Å². The van der Waals surface area contributed by atoms with Crippen molar-refractivity contribution < 1.29 is 27.1 Å². The summed E-state index contributed by atoms with van der Waals surface area (Å²) in [6, 6.07) is 10.1. The molecule has 0 spiro atoms. The number of nitrogens with one attached hydrogen (secondary N) is 1. The van der Waals surface area contributed by atoms with E-state index >= 15 is 0 Å². The van der Waals surface area contributed by atoms with E-state index in [0.29, 0.717) is 18.5 Å². The van der Waals surface area contributed by atoms with Gasteiger partial charge >= 0.3 is 12.1 Å².